The van der Waals surface area contributed by atoms with Crippen LogP contribution in [0, 0.1) is 0 Å². The van der Waals surface area contributed by atoms with Gasteiger partial charge in [-0.25, -0.2) is 0 Å². The lowest BCUT2D eigenvalue weighted by Gasteiger charge is -2.42. The molecule has 0 atom stereocenters. The fourth-order valence-corrected chi connectivity index (χ4v) is 7.88. The normalized spacial score (nSPS) is 13.0. The fourth-order valence-electron chi connectivity index (χ4n) is 3.87. The molecule has 0 aliphatic carbocycles. The summed E-state index contributed by atoms with van der Waals surface area (Å²) in [6.07, 6.45) is 2.23. The van der Waals surface area contributed by atoms with Gasteiger partial charge < -0.3 is 4.57 Å². The molecule has 0 fully saturated rings. The number of rotatable bonds is 2. The first-order valence-electron chi connectivity index (χ1n) is 8.65. The van der Waals surface area contributed by atoms with E-state index in [1.165, 1.54) is 21.9 Å². The van der Waals surface area contributed by atoms with Gasteiger partial charge in [-0.05, 0) is 41.8 Å². The van der Waals surface area contributed by atoms with Gasteiger partial charge in [-0.1, -0.05) is 77.9 Å². The largest absolute Gasteiger partial charge is 0.316 e. The quantitative estimate of drug-likeness (QED) is 0.481. The zero-order valence-electron chi connectivity index (χ0n) is 15.7. The van der Waals surface area contributed by atoms with E-state index in [9.17, 15) is 0 Å². The van der Waals surface area contributed by atoms with Crippen LogP contribution in [0.25, 0.3) is 16.5 Å². The molecule has 1 aromatic heterocycles. The maximum atomic E-state index is 2.42. The lowest BCUT2D eigenvalue weighted by atomic mass is 10.1. The molecule has 0 saturated carbocycles. The number of hydrogen-bond acceptors (Lipinski definition) is 0. The average molecular weight is 337 g/mol. The fraction of sp³-hybridized carbons (Fsp3) is 0.364. The molecular formula is C22H28NP. The molecule has 126 valence electrons. The lowest BCUT2D eigenvalue weighted by molar-refractivity contribution is 0.713. The third-order valence-electron chi connectivity index (χ3n) is 4.32. The van der Waals surface area contributed by atoms with Crippen molar-refractivity contribution in [2.75, 3.05) is 0 Å². The summed E-state index contributed by atoms with van der Waals surface area (Å²) in [6, 6.07) is 19.8. The molecule has 0 spiro atoms. The van der Waals surface area contributed by atoms with Crippen LogP contribution in [0.1, 0.15) is 41.5 Å². The molecule has 0 N–H and O–H groups in total. The van der Waals surface area contributed by atoms with Crippen LogP contribution in [-0.4, -0.2) is 14.9 Å². The molecule has 3 rings (SSSR count). The summed E-state index contributed by atoms with van der Waals surface area (Å²) in [5.74, 6) is 0. The average Bonchev–Trinajstić information content (AvgIpc) is 2.92. The van der Waals surface area contributed by atoms with Crippen molar-refractivity contribution in [2.45, 2.75) is 51.9 Å². The summed E-state index contributed by atoms with van der Waals surface area (Å²) in [7, 11) is -0.338. The molecular weight excluding hydrogens is 309 g/mol. The van der Waals surface area contributed by atoms with Crippen molar-refractivity contribution in [3.05, 3.63) is 60.8 Å². The van der Waals surface area contributed by atoms with Crippen LogP contribution in [0.3, 0.4) is 0 Å². The van der Waals surface area contributed by atoms with Crippen molar-refractivity contribution in [3.63, 3.8) is 0 Å². The minimum atomic E-state index is -0.338. The lowest BCUT2D eigenvalue weighted by Crippen LogP contribution is -2.33. The Hall–Kier alpha value is -1.59. The standard InChI is InChI=1S/C22H28NP/c1-21(2,3)24(22(4,5)6)20-15-10-16-23(20)19-14-9-12-17-11-7-8-13-18(17)19/h7-16H,1-6H3. The van der Waals surface area contributed by atoms with Gasteiger partial charge in [-0.15, -0.1) is 0 Å². The predicted molar refractivity (Wildman–Crippen MR) is 109 cm³/mol. The molecule has 1 nitrogen and oxygen atoms in total. The monoisotopic (exact) mass is 337 g/mol. The van der Waals surface area contributed by atoms with Crippen molar-refractivity contribution >= 4 is 24.1 Å². The molecule has 0 saturated heterocycles. The number of hydrogen-bond donors (Lipinski definition) is 0. The Balaban J connectivity index is 2.24. The van der Waals surface area contributed by atoms with E-state index in [0.29, 0.717) is 0 Å². The van der Waals surface area contributed by atoms with E-state index in [2.05, 4.69) is 107 Å². The van der Waals surface area contributed by atoms with Crippen LogP contribution >= 0.6 is 7.92 Å². The zero-order valence-corrected chi connectivity index (χ0v) is 16.6. The summed E-state index contributed by atoms with van der Waals surface area (Å²) < 4.78 is 2.42. The van der Waals surface area contributed by atoms with E-state index in [1.54, 1.807) is 0 Å². The van der Waals surface area contributed by atoms with Crippen LogP contribution in [-0.2, 0) is 0 Å². The molecule has 0 radical (unpaired) electrons. The van der Waals surface area contributed by atoms with E-state index >= 15 is 0 Å². The van der Waals surface area contributed by atoms with E-state index in [1.807, 2.05) is 0 Å². The first kappa shape index (κ1) is 17.2. The van der Waals surface area contributed by atoms with Gasteiger partial charge in [0.2, 0.25) is 0 Å². The SMILES string of the molecule is CC(C)(C)P(c1cccn1-c1cccc2ccccc12)C(C)(C)C. The van der Waals surface area contributed by atoms with Gasteiger partial charge in [0.05, 0.1) is 5.69 Å². The Labute approximate surface area is 147 Å². The molecule has 3 aromatic rings. The first-order valence-corrected chi connectivity index (χ1v) is 9.99. The third-order valence-corrected chi connectivity index (χ3v) is 7.83. The molecule has 2 heteroatoms. The molecule has 0 aliphatic heterocycles. The summed E-state index contributed by atoms with van der Waals surface area (Å²) in [6.45, 7) is 14.3. The number of fused-ring (bicyclic) bond motifs is 1. The smallest absolute Gasteiger partial charge is 0.0534 e. The van der Waals surface area contributed by atoms with Crippen molar-refractivity contribution < 1.29 is 0 Å². The Bertz CT molecular complexity index is 827. The maximum Gasteiger partial charge on any atom is 0.0534 e. The van der Waals surface area contributed by atoms with Crippen LogP contribution in [0.15, 0.2) is 60.8 Å². The highest BCUT2D eigenvalue weighted by Gasteiger charge is 2.37. The second kappa shape index (κ2) is 6.05. The number of benzene rings is 2. The van der Waals surface area contributed by atoms with E-state index in [-0.39, 0.29) is 18.2 Å². The molecule has 0 aliphatic rings. The van der Waals surface area contributed by atoms with E-state index < -0.39 is 0 Å². The van der Waals surface area contributed by atoms with Crippen molar-refractivity contribution in [3.8, 4) is 5.69 Å². The molecule has 0 amide bonds. The van der Waals surface area contributed by atoms with Crippen LogP contribution in [0.4, 0.5) is 0 Å². The minimum Gasteiger partial charge on any atom is -0.316 e. The predicted octanol–water partition coefficient (Wildman–Crippen LogP) is 6.33. The van der Waals surface area contributed by atoms with E-state index in [4.69, 9.17) is 0 Å². The summed E-state index contributed by atoms with van der Waals surface area (Å²) >= 11 is 0. The Kier molecular flexibility index (Phi) is 4.34. The molecule has 2 aromatic carbocycles. The van der Waals surface area contributed by atoms with Crippen molar-refractivity contribution in [1.82, 2.24) is 4.57 Å². The van der Waals surface area contributed by atoms with Gasteiger partial charge in [0.15, 0.2) is 0 Å². The first-order chi connectivity index (χ1) is 11.2. The van der Waals surface area contributed by atoms with Gasteiger partial charge in [0, 0.05) is 17.0 Å². The van der Waals surface area contributed by atoms with Crippen LogP contribution in [0.2, 0.25) is 0 Å². The molecule has 1 heterocycles. The minimum absolute atomic E-state index is 0.258. The van der Waals surface area contributed by atoms with Crippen LogP contribution < -0.4 is 5.44 Å². The van der Waals surface area contributed by atoms with Crippen molar-refractivity contribution in [2.24, 2.45) is 0 Å². The van der Waals surface area contributed by atoms with Gasteiger partial charge >= 0.3 is 0 Å². The zero-order chi connectivity index (χ0) is 17.5. The number of nitrogens with zero attached hydrogens (tertiary/aromatic N) is 1. The molecule has 24 heavy (non-hydrogen) atoms. The van der Waals surface area contributed by atoms with Crippen LogP contribution in [0.5, 0.6) is 0 Å². The molecule has 0 bridgehead atoms. The molecule has 0 unspecified atom stereocenters. The highest BCUT2D eigenvalue weighted by Crippen LogP contribution is 2.58. The third kappa shape index (κ3) is 3.15. The Morgan fingerprint density at radius 2 is 1.33 bits per heavy atom. The highest BCUT2D eigenvalue weighted by molar-refractivity contribution is 7.68. The second-order valence-corrected chi connectivity index (χ2v) is 12.2. The van der Waals surface area contributed by atoms with E-state index in [0.717, 1.165) is 0 Å². The summed E-state index contributed by atoms with van der Waals surface area (Å²) in [5.41, 5.74) is 2.75. The number of aromatic nitrogens is 1. The summed E-state index contributed by atoms with van der Waals surface area (Å²) in [4.78, 5) is 0. The van der Waals surface area contributed by atoms with Gasteiger partial charge in [0.25, 0.3) is 0 Å². The maximum absolute atomic E-state index is 2.42. The van der Waals surface area contributed by atoms with Gasteiger partial charge in [-0.3, -0.25) is 0 Å². The van der Waals surface area contributed by atoms with Crippen molar-refractivity contribution in [1.29, 1.82) is 0 Å². The highest BCUT2D eigenvalue weighted by atomic mass is 31.1. The second-order valence-electron chi connectivity index (χ2n) is 8.41. The van der Waals surface area contributed by atoms with Gasteiger partial charge in [0.1, 0.15) is 0 Å². The van der Waals surface area contributed by atoms with Gasteiger partial charge in [-0.2, -0.15) is 0 Å². The summed E-state index contributed by atoms with van der Waals surface area (Å²) in [5, 5.41) is 3.13. The Morgan fingerprint density at radius 1 is 0.708 bits per heavy atom. The Morgan fingerprint density at radius 3 is 2.00 bits per heavy atom. The topological polar surface area (TPSA) is 4.93 Å².